The van der Waals surface area contributed by atoms with Gasteiger partial charge in [-0.25, -0.2) is 0 Å². The molecule has 0 unspecified atom stereocenters. The van der Waals surface area contributed by atoms with E-state index in [0.717, 1.165) is 5.56 Å². The second-order valence-corrected chi connectivity index (χ2v) is 5.17. The summed E-state index contributed by atoms with van der Waals surface area (Å²) in [4.78, 5) is 0. The predicted molar refractivity (Wildman–Crippen MR) is 72.9 cm³/mol. The van der Waals surface area contributed by atoms with Crippen molar-refractivity contribution < 1.29 is 14.9 Å². The van der Waals surface area contributed by atoms with Gasteiger partial charge in [0.15, 0.2) is 3.95 Å². The van der Waals surface area contributed by atoms with E-state index in [0.29, 0.717) is 16.2 Å². The molecule has 0 bridgehead atoms. The molecule has 18 heavy (non-hydrogen) atoms. The quantitative estimate of drug-likeness (QED) is 0.827. The van der Waals surface area contributed by atoms with Crippen LogP contribution in [-0.2, 0) is 6.54 Å². The van der Waals surface area contributed by atoms with Gasteiger partial charge in [-0.3, -0.25) is 4.57 Å². The van der Waals surface area contributed by atoms with Gasteiger partial charge in [-0.05, 0) is 29.9 Å². The Bertz CT molecular complexity index is 559. The number of hydrogen-bond donors (Lipinski definition) is 2. The Labute approximate surface area is 114 Å². The summed E-state index contributed by atoms with van der Waals surface area (Å²) in [6, 6.07) is 7.48. The average molecular weight is 283 g/mol. The minimum atomic E-state index is -0.000308. The Hall–Kier alpha value is -1.37. The van der Waals surface area contributed by atoms with Crippen LogP contribution in [0.1, 0.15) is 5.56 Å². The number of aliphatic hydroxyl groups excluding tert-OH is 1. The van der Waals surface area contributed by atoms with Crippen molar-refractivity contribution in [2.24, 2.45) is 0 Å². The van der Waals surface area contributed by atoms with E-state index in [1.54, 1.807) is 9.95 Å². The second-order valence-electron chi connectivity index (χ2n) is 3.66. The molecule has 0 radical (unpaired) electrons. The molecule has 0 fully saturated rings. The average Bonchev–Trinajstić information content (AvgIpc) is 2.70. The van der Waals surface area contributed by atoms with E-state index in [2.05, 4.69) is 0 Å². The van der Waals surface area contributed by atoms with E-state index in [-0.39, 0.29) is 19.1 Å². The Kier molecular flexibility index (Phi) is 4.35. The van der Waals surface area contributed by atoms with Gasteiger partial charge in [-0.1, -0.05) is 12.1 Å². The SMILES string of the molecule is OCCOc1ccc(Cn2c(O)csc2=S)cc1. The van der Waals surface area contributed by atoms with Crippen molar-refractivity contribution in [3.05, 3.63) is 39.2 Å². The van der Waals surface area contributed by atoms with Crippen molar-refractivity contribution in [2.75, 3.05) is 13.2 Å². The summed E-state index contributed by atoms with van der Waals surface area (Å²) in [7, 11) is 0. The number of aromatic nitrogens is 1. The Morgan fingerprint density at radius 1 is 1.28 bits per heavy atom. The van der Waals surface area contributed by atoms with Crippen molar-refractivity contribution in [3.8, 4) is 11.6 Å². The Morgan fingerprint density at radius 2 is 2.00 bits per heavy atom. The number of nitrogens with zero attached hydrogens (tertiary/aromatic N) is 1. The maximum absolute atomic E-state index is 9.62. The molecular formula is C12H13NO3S2. The highest BCUT2D eigenvalue weighted by Gasteiger charge is 2.03. The van der Waals surface area contributed by atoms with E-state index in [1.807, 2.05) is 24.3 Å². The van der Waals surface area contributed by atoms with Crippen LogP contribution in [0.25, 0.3) is 0 Å². The number of hydrogen-bond acceptors (Lipinski definition) is 5. The monoisotopic (exact) mass is 283 g/mol. The lowest BCUT2D eigenvalue weighted by molar-refractivity contribution is 0.201. The first kappa shape index (κ1) is 13.1. The maximum atomic E-state index is 9.62. The fourth-order valence-corrected chi connectivity index (χ4v) is 2.43. The zero-order chi connectivity index (χ0) is 13.0. The summed E-state index contributed by atoms with van der Waals surface area (Å²) in [5.41, 5.74) is 1.02. The van der Waals surface area contributed by atoms with Crippen molar-refractivity contribution in [3.63, 3.8) is 0 Å². The van der Waals surface area contributed by atoms with Crippen LogP contribution in [0.4, 0.5) is 0 Å². The van der Waals surface area contributed by atoms with E-state index >= 15 is 0 Å². The van der Waals surface area contributed by atoms with Crippen molar-refractivity contribution >= 4 is 23.6 Å². The molecule has 1 aromatic heterocycles. The van der Waals surface area contributed by atoms with Crippen LogP contribution in [0.3, 0.4) is 0 Å². The third-order valence-electron chi connectivity index (χ3n) is 2.39. The highest BCUT2D eigenvalue weighted by Crippen LogP contribution is 2.20. The van der Waals surface area contributed by atoms with Crippen LogP contribution in [0, 0.1) is 3.95 Å². The molecule has 0 aliphatic carbocycles. The molecule has 2 N–H and O–H groups in total. The minimum Gasteiger partial charge on any atom is -0.494 e. The number of ether oxygens (including phenoxy) is 1. The highest BCUT2D eigenvalue weighted by atomic mass is 32.1. The standard InChI is InChI=1S/C12H13NO3S2/c14-5-6-16-10-3-1-9(2-4-10)7-13-11(15)8-18-12(13)17/h1-4,8,14-15H,5-7H2. The summed E-state index contributed by atoms with van der Waals surface area (Å²) in [5, 5.41) is 19.9. The van der Waals surface area contributed by atoms with Crippen LogP contribution in [0.5, 0.6) is 11.6 Å². The molecule has 96 valence electrons. The van der Waals surface area contributed by atoms with Crippen molar-refractivity contribution in [1.82, 2.24) is 4.57 Å². The third kappa shape index (κ3) is 3.10. The first-order valence-electron chi connectivity index (χ1n) is 5.40. The smallest absolute Gasteiger partial charge is 0.203 e. The summed E-state index contributed by atoms with van der Waals surface area (Å²) in [5.74, 6) is 0.900. The van der Waals surface area contributed by atoms with Crippen LogP contribution in [0.15, 0.2) is 29.6 Å². The van der Waals surface area contributed by atoms with Crippen LogP contribution in [-0.4, -0.2) is 28.0 Å². The molecule has 6 heteroatoms. The molecule has 0 atom stereocenters. The lowest BCUT2D eigenvalue weighted by Crippen LogP contribution is -2.02. The largest absolute Gasteiger partial charge is 0.494 e. The van der Waals surface area contributed by atoms with Crippen molar-refractivity contribution in [2.45, 2.75) is 6.54 Å². The van der Waals surface area contributed by atoms with Gasteiger partial charge < -0.3 is 14.9 Å². The van der Waals surface area contributed by atoms with Gasteiger partial charge in [0.2, 0.25) is 5.88 Å². The molecule has 0 aliphatic rings. The normalized spacial score (nSPS) is 10.5. The molecule has 0 aliphatic heterocycles. The lowest BCUT2D eigenvalue weighted by atomic mass is 10.2. The molecule has 1 aromatic carbocycles. The topological polar surface area (TPSA) is 54.6 Å². The van der Waals surface area contributed by atoms with Gasteiger partial charge in [-0.2, -0.15) is 0 Å². The van der Waals surface area contributed by atoms with Crippen molar-refractivity contribution in [1.29, 1.82) is 0 Å². The maximum Gasteiger partial charge on any atom is 0.203 e. The minimum absolute atomic E-state index is 0.000308. The summed E-state index contributed by atoms with van der Waals surface area (Å²) < 4.78 is 7.58. The first-order chi connectivity index (χ1) is 8.70. The van der Waals surface area contributed by atoms with E-state index < -0.39 is 0 Å². The molecule has 0 spiro atoms. The third-order valence-corrected chi connectivity index (χ3v) is 3.65. The zero-order valence-electron chi connectivity index (χ0n) is 9.57. The van der Waals surface area contributed by atoms with Crippen LogP contribution >= 0.6 is 23.6 Å². The molecular weight excluding hydrogens is 270 g/mol. The highest BCUT2D eigenvalue weighted by molar-refractivity contribution is 7.73. The second kappa shape index (κ2) is 5.99. The van der Waals surface area contributed by atoms with Gasteiger partial charge in [0.25, 0.3) is 0 Å². The summed E-state index contributed by atoms with van der Waals surface area (Å²) in [6.07, 6.45) is 0. The predicted octanol–water partition coefficient (Wildman–Crippen LogP) is 2.40. The van der Waals surface area contributed by atoms with Gasteiger partial charge in [0.05, 0.1) is 18.5 Å². The fourth-order valence-electron chi connectivity index (χ4n) is 1.51. The van der Waals surface area contributed by atoms with Crippen LogP contribution < -0.4 is 4.74 Å². The number of aromatic hydroxyl groups is 1. The number of rotatable bonds is 5. The zero-order valence-corrected chi connectivity index (χ0v) is 11.2. The number of aliphatic hydroxyl groups is 1. The number of benzene rings is 1. The Balaban J connectivity index is 2.09. The van der Waals surface area contributed by atoms with Gasteiger partial charge in [-0.15, -0.1) is 11.3 Å². The van der Waals surface area contributed by atoms with E-state index in [9.17, 15) is 5.11 Å². The van der Waals surface area contributed by atoms with E-state index in [4.69, 9.17) is 22.1 Å². The van der Waals surface area contributed by atoms with Gasteiger partial charge in [0.1, 0.15) is 12.4 Å². The molecule has 4 nitrogen and oxygen atoms in total. The summed E-state index contributed by atoms with van der Waals surface area (Å²) in [6.45, 7) is 0.823. The Morgan fingerprint density at radius 3 is 2.56 bits per heavy atom. The molecule has 0 saturated heterocycles. The molecule has 0 amide bonds. The first-order valence-corrected chi connectivity index (χ1v) is 6.69. The molecule has 2 rings (SSSR count). The number of thiazole rings is 1. The van der Waals surface area contributed by atoms with Crippen LogP contribution in [0.2, 0.25) is 0 Å². The molecule has 2 aromatic rings. The van der Waals surface area contributed by atoms with Gasteiger partial charge in [0, 0.05) is 0 Å². The van der Waals surface area contributed by atoms with E-state index in [1.165, 1.54) is 11.3 Å². The molecule has 0 saturated carbocycles. The van der Waals surface area contributed by atoms with Gasteiger partial charge >= 0.3 is 0 Å². The lowest BCUT2D eigenvalue weighted by Gasteiger charge is -2.07. The molecule has 1 heterocycles. The summed E-state index contributed by atoms with van der Waals surface area (Å²) >= 11 is 6.46. The fraction of sp³-hybridized carbons (Fsp3) is 0.250.